The number of anilines is 1. The first-order valence-corrected chi connectivity index (χ1v) is 8.36. The number of aromatic nitrogens is 2. The minimum atomic E-state index is -0.844. The molecule has 20 heavy (non-hydrogen) atoms. The zero-order valence-corrected chi connectivity index (χ0v) is 13.7. The van der Waals surface area contributed by atoms with Gasteiger partial charge < -0.3 is 14.7 Å². The molecule has 6 nitrogen and oxygen atoms in total. The quantitative estimate of drug-likeness (QED) is 0.663. The van der Waals surface area contributed by atoms with Gasteiger partial charge in [0, 0.05) is 19.7 Å². The van der Waals surface area contributed by atoms with Gasteiger partial charge in [0.05, 0.1) is 12.4 Å². The third-order valence-electron chi connectivity index (χ3n) is 2.88. The first-order valence-electron chi connectivity index (χ1n) is 6.56. The van der Waals surface area contributed by atoms with Crippen molar-refractivity contribution < 1.29 is 14.6 Å². The molecule has 0 aromatic carbocycles. The van der Waals surface area contributed by atoms with E-state index in [1.165, 1.54) is 23.1 Å². The molecule has 0 amide bonds. The molecule has 0 radical (unpaired) electrons. The van der Waals surface area contributed by atoms with Gasteiger partial charge in [0.25, 0.3) is 0 Å². The fraction of sp³-hybridized carbons (Fsp3) is 0.750. The Morgan fingerprint density at radius 3 is 2.70 bits per heavy atom. The van der Waals surface area contributed by atoms with Gasteiger partial charge in [-0.05, 0) is 12.8 Å². The Hall–Kier alpha value is -0.860. The van der Waals surface area contributed by atoms with Gasteiger partial charge in [0.15, 0.2) is 4.34 Å². The van der Waals surface area contributed by atoms with E-state index in [2.05, 4.69) is 28.9 Å². The van der Waals surface area contributed by atoms with Crippen LogP contribution in [0.4, 0.5) is 5.13 Å². The molecular formula is C12H21N3O3S2. The van der Waals surface area contributed by atoms with E-state index in [4.69, 9.17) is 9.84 Å². The zero-order chi connectivity index (χ0) is 15.0. The summed E-state index contributed by atoms with van der Waals surface area (Å²) in [5.74, 6) is -0.833. The number of aliphatic carboxylic acids is 1. The largest absolute Gasteiger partial charge is 0.481 e. The Bertz CT molecular complexity index is 410. The topological polar surface area (TPSA) is 75.5 Å². The van der Waals surface area contributed by atoms with Crippen LogP contribution in [-0.4, -0.2) is 53.3 Å². The van der Waals surface area contributed by atoms with Crippen molar-refractivity contribution >= 4 is 34.2 Å². The molecule has 0 saturated carbocycles. The van der Waals surface area contributed by atoms with Crippen LogP contribution in [0.5, 0.6) is 0 Å². The predicted molar refractivity (Wildman–Crippen MR) is 81.9 cm³/mol. The van der Waals surface area contributed by atoms with Crippen LogP contribution in [0.3, 0.4) is 0 Å². The Labute approximate surface area is 127 Å². The molecule has 1 aromatic rings. The number of ether oxygens (including phenoxy) is 1. The standard InChI is InChI=1S/C12H21N3O3S2/c1-4-9(5-2)15(6-7-18-3)11-13-14-12(20-11)19-8-10(16)17/h9H,4-8H2,1-3H3,(H,16,17). The van der Waals surface area contributed by atoms with Crippen molar-refractivity contribution in [2.45, 2.75) is 37.1 Å². The monoisotopic (exact) mass is 319 g/mol. The number of carbonyl (C=O) groups is 1. The molecule has 8 heteroatoms. The lowest BCUT2D eigenvalue weighted by molar-refractivity contribution is -0.133. The van der Waals surface area contributed by atoms with Gasteiger partial charge in [-0.25, -0.2) is 0 Å². The van der Waals surface area contributed by atoms with Crippen LogP contribution >= 0.6 is 23.1 Å². The van der Waals surface area contributed by atoms with Gasteiger partial charge in [-0.15, -0.1) is 10.2 Å². The lowest BCUT2D eigenvalue weighted by Crippen LogP contribution is -2.37. The lowest BCUT2D eigenvalue weighted by atomic mass is 10.1. The van der Waals surface area contributed by atoms with E-state index in [1.54, 1.807) is 7.11 Å². The van der Waals surface area contributed by atoms with Gasteiger partial charge in [-0.3, -0.25) is 4.79 Å². The normalized spacial score (nSPS) is 11.0. The summed E-state index contributed by atoms with van der Waals surface area (Å²) in [6.07, 6.45) is 2.05. The number of hydrogen-bond donors (Lipinski definition) is 1. The number of methoxy groups -OCH3 is 1. The van der Waals surface area contributed by atoms with Gasteiger partial charge in [0.1, 0.15) is 0 Å². The summed E-state index contributed by atoms with van der Waals surface area (Å²) in [7, 11) is 1.68. The summed E-state index contributed by atoms with van der Waals surface area (Å²) >= 11 is 2.65. The van der Waals surface area contributed by atoms with E-state index in [9.17, 15) is 4.79 Å². The Morgan fingerprint density at radius 2 is 2.15 bits per heavy atom. The highest BCUT2D eigenvalue weighted by molar-refractivity contribution is 8.01. The fourth-order valence-electron chi connectivity index (χ4n) is 1.85. The second-order valence-electron chi connectivity index (χ2n) is 4.19. The third kappa shape index (κ3) is 5.26. The maximum Gasteiger partial charge on any atom is 0.313 e. The fourth-order valence-corrected chi connectivity index (χ4v) is 3.51. The summed E-state index contributed by atoms with van der Waals surface area (Å²) < 4.78 is 5.84. The smallest absolute Gasteiger partial charge is 0.313 e. The van der Waals surface area contributed by atoms with Crippen LogP contribution in [0.1, 0.15) is 26.7 Å². The maximum atomic E-state index is 10.6. The van der Waals surface area contributed by atoms with Crippen LogP contribution in [0.2, 0.25) is 0 Å². The number of hydrogen-bond acceptors (Lipinski definition) is 7. The Kier molecular flexibility index (Phi) is 7.86. The molecule has 0 unspecified atom stereocenters. The van der Waals surface area contributed by atoms with E-state index in [0.717, 1.165) is 24.5 Å². The second-order valence-corrected chi connectivity index (χ2v) is 6.37. The van der Waals surface area contributed by atoms with Gasteiger partial charge in [-0.2, -0.15) is 0 Å². The molecule has 0 fully saturated rings. The van der Waals surface area contributed by atoms with E-state index in [-0.39, 0.29) is 5.75 Å². The number of carboxylic acid groups (broad SMARTS) is 1. The van der Waals surface area contributed by atoms with Crippen LogP contribution in [0, 0.1) is 0 Å². The van der Waals surface area contributed by atoms with Crippen molar-refractivity contribution in [2.75, 3.05) is 30.9 Å². The molecule has 0 aliphatic rings. The molecule has 1 heterocycles. The second kappa shape index (κ2) is 9.15. The highest BCUT2D eigenvalue weighted by Crippen LogP contribution is 2.30. The molecule has 0 aliphatic heterocycles. The highest BCUT2D eigenvalue weighted by Gasteiger charge is 2.20. The number of thioether (sulfide) groups is 1. The average molecular weight is 319 g/mol. The number of nitrogens with zero attached hydrogens (tertiary/aromatic N) is 3. The van der Waals surface area contributed by atoms with Crippen molar-refractivity contribution in [2.24, 2.45) is 0 Å². The van der Waals surface area contributed by atoms with Crippen molar-refractivity contribution in [3.63, 3.8) is 0 Å². The summed E-state index contributed by atoms with van der Waals surface area (Å²) in [4.78, 5) is 12.8. The summed E-state index contributed by atoms with van der Waals surface area (Å²) in [5.41, 5.74) is 0. The summed E-state index contributed by atoms with van der Waals surface area (Å²) in [5, 5.41) is 17.8. The third-order valence-corrected chi connectivity index (χ3v) is 4.96. The van der Waals surface area contributed by atoms with Gasteiger partial charge >= 0.3 is 5.97 Å². The van der Waals surface area contributed by atoms with E-state index >= 15 is 0 Å². The Balaban J connectivity index is 2.76. The average Bonchev–Trinajstić information content (AvgIpc) is 2.90. The first kappa shape index (κ1) is 17.2. The highest BCUT2D eigenvalue weighted by atomic mass is 32.2. The molecule has 0 saturated heterocycles. The minimum Gasteiger partial charge on any atom is -0.481 e. The maximum absolute atomic E-state index is 10.6. The predicted octanol–water partition coefficient (Wildman–Crippen LogP) is 2.36. The van der Waals surface area contributed by atoms with E-state index in [1.807, 2.05) is 0 Å². The van der Waals surface area contributed by atoms with Crippen molar-refractivity contribution in [1.82, 2.24) is 10.2 Å². The summed E-state index contributed by atoms with van der Waals surface area (Å²) in [6, 6.07) is 0.399. The van der Waals surface area contributed by atoms with E-state index in [0.29, 0.717) is 17.0 Å². The van der Waals surface area contributed by atoms with Crippen molar-refractivity contribution in [3.8, 4) is 0 Å². The van der Waals surface area contributed by atoms with E-state index < -0.39 is 5.97 Å². The SMILES string of the molecule is CCC(CC)N(CCOC)c1nnc(SCC(=O)O)s1. The molecule has 1 N–H and O–H groups in total. The van der Waals surface area contributed by atoms with Crippen LogP contribution in [0.25, 0.3) is 0 Å². The molecule has 0 bridgehead atoms. The summed E-state index contributed by atoms with van der Waals surface area (Å²) in [6.45, 7) is 5.69. The molecule has 1 rings (SSSR count). The molecule has 1 aromatic heterocycles. The van der Waals surface area contributed by atoms with Gasteiger partial charge in [-0.1, -0.05) is 36.9 Å². The molecule has 0 aliphatic carbocycles. The van der Waals surface area contributed by atoms with Crippen molar-refractivity contribution in [1.29, 1.82) is 0 Å². The molecule has 0 spiro atoms. The zero-order valence-electron chi connectivity index (χ0n) is 12.0. The number of carboxylic acids is 1. The number of rotatable bonds is 10. The van der Waals surface area contributed by atoms with Gasteiger partial charge in [0.2, 0.25) is 5.13 Å². The lowest BCUT2D eigenvalue weighted by Gasteiger charge is -2.29. The van der Waals surface area contributed by atoms with Crippen LogP contribution in [0.15, 0.2) is 4.34 Å². The molecule has 114 valence electrons. The molecule has 0 atom stereocenters. The first-order chi connectivity index (χ1) is 9.62. The minimum absolute atomic E-state index is 0.0116. The van der Waals surface area contributed by atoms with Crippen LogP contribution < -0.4 is 4.90 Å². The van der Waals surface area contributed by atoms with Crippen LogP contribution in [-0.2, 0) is 9.53 Å². The molecular weight excluding hydrogens is 298 g/mol. The Morgan fingerprint density at radius 1 is 1.45 bits per heavy atom. The van der Waals surface area contributed by atoms with Crippen molar-refractivity contribution in [3.05, 3.63) is 0 Å².